The van der Waals surface area contributed by atoms with Gasteiger partial charge < -0.3 is 13.9 Å². The number of rotatable bonds is 6. The number of aryl methyl sites for hydroxylation is 1. The highest BCUT2D eigenvalue weighted by Crippen LogP contribution is 2.19. The van der Waals surface area contributed by atoms with Crippen molar-refractivity contribution in [3.63, 3.8) is 0 Å². The van der Waals surface area contributed by atoms with E-state index in [1.807, 2.05) is 43.3 Å². The lowest BCUT2D eigenvalue weighted by molar-refractivity contribution is -0.148. The molecule has 0 fully saturated rings. The number of carbonyl (C=O) groups excluding carboxylic acids is 1. The van der Waals surface area contributed by atoms with Crippen LogP contribution in [-0.2, 0) is 16.1 Å². The van der Waals surface area contributed by atoms with Crippen molar-refractivity contribution in [2.75, 3.05) is 6.61 Å². The van der Waals surface area contributed by atoms with Crippen molar-refractivity contribution >= 4 is 21.9 Å². The van der Waals surface area contributed by atoms with E-state index in [1.165, 1.54) is 0 Å². The lowest BCUT2D eigenvalue weighted by Gasteiger charge is -2.05. The second-order valence-corrected chi connectivity index (χ2v) is 6.19. The highest BCUT2D eigenvalue weighted by atomic mass is 79.9. The fourth-order valence-corrected chi connectivity index (χ4v) is 2.47. The average Bonchev–Trinajstić information content (AvgIpc) is 3.07. The minimum Gasteiger partial charge on any atom is -0.482 e. The van der Waals surface area contributed by atoms with Crippen LogP contribution in [0.5, 0.6) is 5.75 Å². The summed E-state index contributed by atoms with van der Waals surface area (Å²) in [4.78, 5) is 11.7. The van der Waals surface area contributed by atoms with E-state index >= 15 is 0 Å². The average molecular weight is 403 g/mol. The Bertz CT molecular complexity index is 879. The van der Waals surface area contributed by atoms with E-state index in [1.54, 1.807) is 12.1 Å². The normalized spacial score (nSPS) is 10.5. The number of benzene rings is 2. The minimum atomic E-state index is -0.518. The Morgan fingerprint density at radius 2 is 2.00 bits per heavy atom. The Hall–Kier alpha value is -2.67. The van der Waals surface area contributed by atoms with Gasteiger partial charge in [-0.15, -0.1) is 10.2 Å². The molecule has 0 radical (unpaired) electrons. The monoisotopic (exact) mass is 402 g/mol. The van der Waals surface area contributed by atoms with Crippen LogP contribution in [0.4, 0.5) is 0 Å². The molecule has 0 aliphatic heterocycles. The SMILES string of the molecule is Cc1cccc(-c2nnc(COC(=O)COc3cccc(Br)c3)o2)c1. The molecule has 25 heavy (non-hydrogen) atoms. The van der Waals surface area contributed by atoms with Crippen LogP contribution in [0.25, 0.3) is 11.5 Å². The van der Waals surface area contributed by atoms with Gasteiger partial charge in [0.05, 0.1) is 0 Å². The molecule has 6 nitrogen and oxygen atoms in total. The zero-order valence-corrected chi connectivity index (χ0v) is 15.0. The van der Waals surface area contributed by atoms with Gasteiger partial charge in [0.15, 0.2) is 13.2 Å². The molecule has 0 N–H and O–H groups in total. The largest absolute Gasteiger partial charge is 0.482 e. The summed E-state index contributed by atoms with van der Waals surface area (Å²) in [7, 11) is 0. The molecule has 0 saturated heterocycles. The smallest absolute Gasteiger partial charge is 0.344 e. The van der Waals surface area contributed by atoms with Crippen molar-refractivity contribution < 1.29 is 18.7 Å². The van der Waals surface area contributed by atoms with Gasteiger partial charge in [0.2, 0.25) is 5.89 Å². The summed E-state index contributed by atoms with van der Waals surface area (Å²) in [5.41, 5.74) is 1.91. The number of hydrogen-bond acceptors (Lipinski definition) is 6. The molecule has 0 amide bonds. The van der Waals surface area contributed by atoms with E-state index in [0.717, 1.165) is 15.6 Å². The zero-order chi connectivity index (χ0) is 17.6. The number of ether oxygens (including phenoxy) is 2. The van der Waals surface area contributed by atoms with Gasteiger partial charge in [0.25, 0.3) is 5.89 Å². The van der Waals surface area contributed by atoms with Crippen LogP contribution in [0.3, 0.4) is 0 Å². The van der Waals surface area contributed by atoms with Gasteiger partial charge in [0, 0.05) is 10.0 Å². The number of esters is 1. The van der Waals surface area contributed by atoms with Crippen molar-refractivity contribution in [2.24, 2.45) is 0 Å². The number of nitrogens with zero attached hydrogens (tertiary/aromatic N) is 2. The summed E-state index contributed by atoms with van der Waals surface area (Å²) in [6, 6.07) is 14.9. The van der Waals surface area contributed by atoms with Crippen molar-refractivity contribution in [3.05, 3.63) is 64.5 Å². The Morgan fingerprint density at radius 1 is 1.16 bits per heavy atom. The first-order valence-electron chi connectivity index (χ1n) is 7.53. The quantitative estimate of drug-likeness (QED) is 0.581. The van der Waals surface area contributed by atoms with Gasteiger partial charge in [0.1, 0.15) is 5.75 Å². The lowest BCUT2D eigenvalue weighted by Crippen LogP contribution is -2.14. The maximum atomic E-state index is 11.7. The van der Waals surface area contributed by atoms with Crippen molar-refractivity contribution in [3.8, 4) is 17.2 Å². The van der Waals surface area contributed by atoms with E-state index in [-0.39, 0.29) is 19.1 Å². The van der Waals surface area contributed by atoms with Crippen LogP contribution >= 0.6 is 15.9 Å². The lowest BCUT2D eigenvalue weighted by atomic mass is 10.1. The molecule has 0 unspecified atom stereocenters. The maximum Gasteiger partial charge on any atom is 0.344 e. The molecule has 0 bridgehead atoms. The molecule has 2 aromatic carbocycles. The second kappa shape index (κ2) is 7.94. The third-order valence-electron chi connectivity index (χ3n) is 3.24. The maximum absolute atomic E-state index is 11.7. The van der Waals surface area contributed by atoms with Gasteiger partial charge in [-0.05, 0) is 37.3 Å². The molecular formula is C18H15BrN2O4. The second-order valence-electron chi connectivity index (χ2n) is 5.28. The third kappa shape index (κ3) is 4.90. The van der Waals surface area contributed by atoms with E-state index < -0.39 is 5.97 Å². The first kappa shape index (κ1) is 17.2. The van der Waals surface area contributed by atoms with E-state index in [4.69, 9.17) is 13.9 Å². The predicted molar refractivity (Wildman–Crippen MR) is 93.9 cm³/mol. The van der Waals surface area contributed by atoms with Crippen LogP contribution in [-0.4, -0.2) is 22.8 Å². The molecule has 1 aromatic heterocycles. The summed E-state index contributed by atoms with van der Waals surface area (Å²) in [5, 5.41) is 7.85. The molecular weight excluding hydrogens is 388 g/mol. The van der Waals surface area contributed by atoms with Crippen LogP contribution < -0.4 is 4.74 Å². The summed E-state index contributed by atoms with van der Waals surface area (Å²) < 4.78 is 16.8. The van der Waals surface area contributed by atoms with Crippen LogP contribution in [0.2, 0.25) is 0 Å². The Morgan fingerprint density at radius 3 is 2.80 bits per heavy atom. The van der Waals surface area contributed by atoms with Crippen molar-refractivity contribution in [2.45, 2.75) is 13.5 Å². The van der Waals surface area contributed by atoms with Crippen molar-refractivity contribution in [1.82, 2.24) is 10.2 Å². The molecule has 0 atom stereocenters. The Balaban J connectivity index is 1.51. The van der Waals surface area contributed by atoms with E-state index in [2.05, 4.69) is 26.1 Å². The van der Waals surface area contributed by atoms with E-state index in [9.17, 15) is 4.79 Å². The topological polar surface area (TPSA) is 74.5 Å². The molecule has 3 rings (SSSR count). The van der Waals surface area contributed by atoms with Crippen LogP contribution in [0.1, 0.15) is 11.5 Å². The fourth-order valence-electron chi connectivity index (χ4n) is 2.09. The standard InChI is InChI=1S/C18H15BrN2O4/c1-12-4-2-5-13(8-12)18-21-20-16(25-18)10-24-17(22)11-23-15-7-3-6-14(19)9-15/h2-9H,10-11H2,1H3. The number of halogens is 1. The third-order valence-corrected chi connectivity index (χ3v) is 3.73. The van der Waals surface area contributed by atoms with Gasteiger partial charge >= 0.3 is 5.97 Å². The summed E-state index contributed by atoms with van der Waals surface area (Å²) >= 11 is 3.33. The Kier molecular flexibility index (Phi) is 5.45. The van der Waals surface area contributed by atoms with E-state index in [0.29, 0.717) is 11.6 Å². The summed E-state index contributed by atoms with van der Waals surface area (Å²) in [6.07, 6.45) is 0. The predicted octanol–water partition coefficient (Wildman–Crippen LogP) is 3.93. The van der Waals surface area contributed by atoms with Crippen molar-refractivity contribution in [1.29, 1.82) is 0 Å². The Labute approximate surface area is 152 Å². The van der Waals surface area contributed by atoms with Crippen LogP contribution in [0, 0.1) is 6.92 Å². The van der Waals surface area contributed by atoms with Gasteiger partial charge in [-0.1, -0.05) is 39.7 Å². The first-order chi connectivity index (χ1) is 12.1. The van der Waals surface area contributed by atoms with Gasteiger partial charge in [-0.3, -0.25) is 0 Å². The first-order valence-corrected chi connectivity index (χ1v) is 8.33. The molecule has 0 saturated carbocycles. The number of carbonyl (C=O) groups is 1. The summed E-state index contributed by atoms with van der Waals surface area (Å²) in [5.74, 6) is 0.675. The molecule has 1 heterocycles. The van der Waals surface area contributed by atoms with Gasteiger partial charge in [-0.25, -0.2) is 4.79 Å². The minimum absolute atomic E-state index is 0.0977. The molecule has 128 valence electrons. The molecule has 3 aromatic rings. The zero-order valence-electron chi connectivity index (χ0n) is 13.4. The fraction of sp³-hybridized carbons (Fsp3) is 0.167. The summed E-state index contributed by atoms with van der Waals surface area (Å²) in [6.45, 7) is 1.68. The molecule has 0 aliphatic carbocycles. The van der Waals surface area contributed by atoms with Crippen LogP contribution in [0.15, 0.2) is 57.4 Å². The highest BCUT2D eigenvalue weighted by molar-refractivity contribution is 9.10. The molecule has 0 aliphatic rings. The number of hydrogen-bond donors (Lipinski definition) is 0. The van der Waals surface area contributed by atoms with Gasteiger partial charge in [-0.2, -0.15) is 0 Å². The molecule has 7 heteroatoms. The number of aromatic nitrogens is 2. The molecule has 0 spiro atoms. The highest BCUT2D eigenvalue weighted by Gasteiger charge is 2.11.